The molecule has 0 spiro atoms. The van der Waals surface area contributed by atoms with Crippen molar-refractivity contribution in [3.63, 3.8) is 0 Å². The Morgan fingerprint density at radius 1 is 1.12 bits per heavy atom. The SMILES string of the molecule is O=[Si+2].O=[Si]=O.[Hf+4].[O-2].[Ta+5]. The van der Waals surface area contributed by atoms with Gasteiger partial charge in [0, 0.05) is 0 Å². The van der Waals surface area contributed by atoms with E-state index in [0.29, 0.717) is 0 Å². The van der Waals surface area contributed by atoms with Crippen LogP contribution in [0.4, 0.5) is 0 Å². The normalized spacial score (nSPS) is 1.75. The Hall–Kier alpha value is 1.40. The minimum atomic E-state index is -1.42. The second-order valence-corrected chi connectivity index (χ2v) is 0.250. The third kappa shape index (κ3) is 154. The Kier molecular flexibility index (Phi) is 341. The molecule has 0 atom stereocenters. The molecule has 0 amide bonds. The van der Waals surface area contributed by atoms with Crippen LogP contribution in [0.3, 0.4) is 0 Å². The van der Waals surface area contributed by atoms with E-state index in [9.17, 15) is 0 Å². The van der Waals surface area contributed by atoms with Crippen LogP contribution in [0.1, 0.15) is 0 Å². The fourth-order valence-electron chi connectivity index (χ4n) is 0. The minimum Gasteiger partial charge on any atom is -2.00 e. The molecule has 32 valence electrons. The van der Waals surface area contributed by atoms with Gasteiger partial charge in [-0.15, -0.1) is 0 Å². The molecule has 0 aliphatic heterocycles. The maximum absolute atomic E-state index is 8.40. The summed E-state index contributed by atoms with van der Waals surface area (Å²) >= 11 is 0. The van der Waals surface area contributed by atoms with Crippen molar-refractivity contribution in [2.75, 3.05) is 0 Å². The molecule has 0 saturated heterocycles. The second-order valence-electron chi connectivity index (χ2n) is 0.0833. The molecule has 8 heavy (non-hydrogen) atoms. The van der Waals surface area contributed by atoms with Gasteiger partial charge in [-0.2, -0.15) is 0 Å². The number of hydrogen-bond acceptors (Lipinski definition) is 3. The molecule has 0 bridgehead atoms. The van der Waals surface area contributed by atoms with Gasteiger partial charge >= 0.3 is 72.1 Å². The zero-order chi connectivity index (χ0) is 4.71. The first-order valence-corrected chi connectivity index (χ1v) is 1.84. The van der Waals surface area contributed by atoms with Crippen LogP contribution < -0.4 is 0 Å². The van der Waals surface area contributed by atoms with Crippen molar-refractivity contribution < 1.29 is 67.1 Å². The van der Waals surface area contributed by atoms with E-state index in [-0.39, 0.29) is 53.7 Å². The molecule has 0 heterocycles. The Bertz CT molecular complexity index is 43.3. The van der Waals surface area contributed by atoms with Crippen molar-refractivity contribution in [2.24, 2.45) is 0 Å². The van der Waals surface area contributed by atoms with Crippen molar-refractivity contribution >= 4 is 19.4 Å². The fourth-order valence-corrected chi connectivity index (χ4v) is 0. The fraction of sp³-hybridized carbons (Fsp3) is 0. The predicted octanol–water partition coefficient (Wildman–Crippen LogP) is -1.24. The summed E-state index contributed by atoms with van der Waals surface area (Å²) in [6, 6.07) is 0. The number of hydrogen-bond donors (Lipinski definition) is 0. The first kappa shape index (κ1) is 34.2. The molecule has 0 rings (SSSR count). The monoisotopic (exact) mass is 481 g/mol. The van der Waals surface area contributed by atoms with Gasteiger partial charge < -0.3 is 5.48 Å². The van der Waals surface area contributed by atoms with Gasteiger partial charge in [-0.1, -0.05) is 0 Å². The van der Waals surface area contributed by atoms with Gasteiger partial charge in [-0.3, -0.25) is 8.92 Å². The van der Waals surface area contributed by atoms with Crippen LogP contribution in [-0.2, 0) is 67.1 Å². The van der Waals surface area contributed by atoms with E-state index < -0.39 is 9.29 Å². The van der Waals surface area contributed by atoms with Crippen LogP contribution in [0.15, 0.2) is 0 Å². The maximum atomic E-state index is 8.40. The van der Waals surface area contributed by atoms with Gasteiger partial charge in [0.25, 0.3) is 0 Å². The Balaban J connectivity index is -0.00000000567. The molecule has 0 radical (unpaired) electrons. The second kappa shape index (κ2) is 79.7. The van der Waals surface area contributed by atoms with E-state index in [0.717, 1.165) is 0 Å². The molecule has 0 fully saturated rings. The van der Waals surface area contributed by atoms with E-state index in [1.165, 1.54) is 0 Å². The summed E-state index contributed by atoms with van der Waals surface area (Å²) < 4.78 is 24.9. The largest absolute Gasteiger partial charge is 5.00 e. The first-order chi connectivity index (χ1) is 2.41. The number of rotatable bonds is 0. The standard InChI is InChI=1S/Hf.O2Si.OSi.O.Ta/c;1-3-2;1-2;;/q+4;;+2;-2;+5. The van der Waals surface area contributed by atoms with Crippen LogP contribution in [0.2, 0.25) is 0 Å². The molecule has 0 saturated carbocycles. The van der Waals surface area contributed by atoms with E-state index >= 15 is 0 Å². The minimum absolute atomic E-state index is 0. The van der Waals surface area contributed by atoms with Gasteiger partial charge in [0.2, 0.25) is 0 Å². The quantitative estimate of drug-likeness (QED) is 0.408. The molecule has 0 aliphatic carbocycles. The summed E-state index contributed by atoms with van der Waals surface area (Å²) in [5.41, 5.74) is 0. The maximum Gasteiger partial charge on any atom is 5.00 e. The molecule has 0 aromatic heterocycles. The molecule has 4 nitrogen and oxygen atoms in total. The Morgan fingerprint density at radius 3 is 1.12 bits per heavy atom. The molecular formula is HfO4Si2Ta+9. The summed E-state index contributed by atoms with van der Waals surface area (Å²) in [6.45, 7) is 0. The summed E-state index contributed by atoms with van der Waals surface area (Å²) in [6.07, 6.45) is 0. The summed E-state index contributed by atoms with van der Waals surface area (Å²) in [7, 11) is 0.306. The zero-order valence-electron chi connectivity index (χ0n) is 3.58. The third-order valence-electron chi connectivity index (χ3n) is 0. The molecule has 0 aliphatic rings. The van der Waals surface area contributed by atoms with Gasteiger partial charge in [-0.25, -0.2) is 0 Å². The van der Waals surface area contributed by atoms with E-state index in [4.69, 9.17) is 13.4 Å². The van der Waals surface area contributed by atoms with Crippen molar-refractivity contribution in [3.8, 4) is 0 Å². The van der Waals surface area contributed by atoms with Crippen molar-refractivity contribution in [1.82, 2.24) is 0 Å². The van der Waals surface area contributed by atoms with E-state index in [2.05, 4.69) is 0 Å². The first-order valence-electron chi connectivity index (χ1n) is 0.612. The molecule has 0 unspecified atom stereocenters. The van der Waals surface area contributed by atoms with Gasteiger partial charge in [0.05, 0.1) is 0 Å². The van der Waals surface area contributed by atoms with Crippen LogP contribution >= 0.6 is 0 Å². The van der Waals surface area contributed by atoms with Crippen LogP contribution in [-0.4, -0.2) is 19.4 Å². The van der Waals surface area contributed by atoms with Crippen LogP contribution in [0.5, 0.6) is 0 Å². The van der Waals surface area contributed by atoms with Gasteiger partial charge in [0.15, 0.2) is 0 Å². The Morgan fingerprint density at radius 2 is 1.12 bits per heavy atom. The zero-order valence-corrected chi connectivity index (χ0v) is 12.4. The molecule has 8 heteroatoms. The topological polar surface area (TPSA) is 79.7 Å². The molecular weight excluding hydrogens is 480 g/mol. The van der Waals surface area contributed by atoms with Gasteiger partial charge in [0.1, 0.15) is 0 Å². The summed E-state index contributed by atoms with van der Waals surface area (Å²) in [5, 5.41) is 0. The summed E-state index contributed by atoms with van der Waals surface area (Å²) in [4.78, 5) is 0. The van der Waals surface area contributed by atoms with Crippen LogP contribution in [0.25, 0.3) is 0 Å². The van der Waals surface area contributed by atoms with Crippen molar-refractivity contribution in [3.05, 3.63) is 0 Å². The summed E-state index contributed by atoms with van der Waals surface area (Å²) in [5.74, 6) is 0. The Labute approximate surface area is 85.8 Å². The van der Waals surface area contributed by atoms with Crippen molar-refractivity contribution in [2.45, 2.75) is 0 Å². The molecule has 0 N–H and O–H groups in total. The average Bonchev–Trinajstić information content (AvgIpc) is 1.46. The molecule has 0 aromatic rings. The smallest absolute Gasteiger partial charge is 2.00 e. The van der Waals surface area contributed by atoms with Crippen molar-refractivity contribution in [1.29, 1.82) is 0 Å². The van der Waals surface area contributed by atoms with Crippen LogP contribution in [0, 0.1) is 0 Å². The van der Waals surface area contributed by atoms with E-state index in [1.54, 1.807) is 10.1 Å². The van der Waals surface area contributed by atoms with Gasteiger partial charge in [-0.05, 0) is 0 Å². The average molecular weight is 480 g/mol. The molecule has 0 aromatic carbocycles. The predicted molar refractivity (Wildman–Crippen MR) is 14.3 cm³/mol. The van der Waals surface area contributed by atoms with E-state index in [1.807, 2.05) is 0 Å². The third-order valence-corrected chi connectivity index (χ3v) is 0.